The molecule has 5 nitrogen and oxygen atoms in total. The highest BCUT2D eigenvalue weighted by Crippen LogP contribution is 2.27. The van der Waals surface area contributed by atoms with Gasteiger partial charge in [-0.2, -0.15) is 0 Å². The average Bonchev–Trinajstić information content (AvgIpc) is 2.68. The van der Waals surface area contributed by atoms with Crippen molar-refractivity contribution >= 4 is 11.6 Å². The molecule has 0 radical (unpaired) electrons. The maximum Gasteiger partial charge on any atom is 0.217 e. The molecule has 0 aromatic rings. The number of hydrogen-bond donors (Lipinski definition) is 2. The highest BCUT2D eigenvalue weighted by atomic mass is 16.1. The van der Waals surface area contributed by atoms with Crippen LogP contribution in [0.2, 0.25) is 0 Å². The van der Waals surface area contributed by atoms with Gasteiger partial charge in [-0.3, -0.25) is 14.7 Å². The van der Waals surface area contributed by atoms with Gasteiger partial charge in [-0.15, -0.1) is 0 Å². The van der Waals surface area contributed by atoms with Gasteiger partial charge in [0, 0.05) is 26.6 Å². The SMILES string of the molecule is C/C=C1/CCC[C@H](N(C)CC(CC2=C(C)C=CCC2NC(C)=O)NC)C1=NC. The summed E-state index contributed by atoms with van der Waals surface area (Å²) in [4.78, 5) is 18.7. The van der Waals surface area contributed by atoms with E-state index < -0.39 is 0 Å². The summed E-state index contributed by atoms with van der Waals surface area (Å²) in [6, 6.07) is 0.820. The zero-order chi connectivity index (χ0) is 20.7. The molecule has 2 unspecified atom stereocenters. The molecule has 0 bridgehead atoms. The zero-order valence-electron chi connectivity index (χ0n) is 18.5. The van der Waals surface area contributed by atoms with Crippen LogP contribution < -0.4 is 10.6 Å². The summed E-state index contributed by atoms with van der Waals surface area (Å²) >= 11 is 0. The maximum absolute atomic E-state index is 11.6. The molecule has 1 fully saturated rings. The van der Waals surface area contributed by atoms with Gasteiger partial charge in [0.25, 0.3) is 0 Å². The fourth-order valence-corrected chi connectivity index (χ4v) is 4.58. The third-order valence-corrected chi connectivity index (χ3v) is 6.12. The quantitative estimate of drug-likeness (QED) is 0.706. The monoisotopic (exact) mass is 386 g/mol. The van der Waals surface area contributed by atoms with Crippen molar-refractivity contribution < 1.29 is 4.79 Å². The lowest BCUT2D eigenvalue weighted by molar-refractivity contribution is -0.119. The van der Waals surface area contributed by atoms with E-state index >= 15 is 0 Å². The molecule has 28 heavy (non-hydrogen) atoms. The Balaban J connectivity index is 2.10. The second kappa shape index (κ2) is 10.7. The first-order valence-electron chi connectivity index (χ1n) is 10.5. The van der Waals surface area contributed by atoms with Crippen LogP contribution in [0.5, 0.6) is 0 Å². The van der Waals surface area contributed by atoms with E-state index in [1.165, 1.54) is 28.9 Å². The molecule has 1 saturated carbocycles. The number of carbonyl (C=O) groups is 1. The van der Waals surface area contributed by atoms with Gasteiger partial charge in [0.15, 0.2) is 0 Å². The largest absolute Gasteiger partial charge is 0.350 e. The third-order valence-electron chi connectivity index (χ3n) is 6.12. The van der Waals surface area contributed by atoms with Crippen molar-refractivity contribution in [2.75, 3.05) is 27.7 Å². The number of allylic oxidation sites excluding steroid dienone is 3. The van der Waals surface area contributed by atoms with Gasteiger partial charge in [0.1, 0.15) is 0 Å². The lowest BCUT2D eigenvalue weighted by Gasteiger charge is -2.36. The highest BCUT2D eigenvalue weighted by Gasteiger charge is 2.29. The zero-order valence-corrected chi connectivity index (χ0v) is 18.5. The van der Waals surface area contributed by atoms with Crippen LogP contribution in [0.4, 0.5) is 0 Å². The summed E-state index contributed by atoms with van der Waals surface area (Å²) < 4.78 is 0. The summed E-state index contributed by atoms with van der Waals surface area (Å²) in [5, 5.41) is 6.63. The molecule has 1 amide bonds. The number of nitrogens with zero attached hydrogens (tertiary/aromatic N) is 2. The Morgan fingerprint density at radius 3 is 2.82 bits per heavy atom. The molecular formula is C23H38N4O. The molecule has 0 aliphatic heterocycles. The van der Waals surface area contributed by atoms with Gasteiger partial charge >= 0.3 is 0 Å². The molecule has 2 rings (SSSR count). The van der Waals surface area contributed by atoms with E-state index in [0.29, 0.717) is 12.1 Å². The van der Waals surface area contributed by atoms with E-state index in [1.807, 2.05) is 14.1 Å². The molecule has 2 N–H and O–H groups in total. The van der Waals surface area contributed by atoms with Crippen LogP contribution in [-0.2, 0) is 4.79 Å². The summed E-state index contributed by atoms with van der Waals surface area (Å²) in [5.41, 5.74) is 5.26. The molecule has 0 saturated heterocycles. The minimum Gasteiger partial charge on any atom is -0.350 e. The first kappa shape index (κ1) is 22.6. The number of likely N-dealkylation sites (N-methyl/N-ethyl adjacent to an activating group) is 2. The molecule has 2 aliphatic carbocycles. The van der Waals surface area contributed by atoms with Gasteiger partial charge < -0.3 is 10.6 Å². The molecular weight excluding hydrogens is 348 g/mol. The fourth-order valence-electron chi connectivity index (χ4n) is 4.58. The van der Waals surface area contributed by atoms with Crippen LogP contribution in [0.15, 0.2) is 39.9 Å². The molecule has 156 valence electrons. The van der Waals surface area contributed by atoms with E-state index in [2.05, 4.69) is 59.6 Å². The third kappa shape index (κ3) is 5.65. The molecule has 3 atom stereocenters. The highest BCUT2D eigenvalue weighted by molar-refractivity contribution is 6.04. The van der Waals surface area contributed by atoms with Crippen LogP contribution in [0.3, 0.4) is 0 Å². The Hall–Kier alpha value is -1.72. The van der Waals surface area contributed by atoms with E-state index in [-0.39, 0.29) is 11.9 Å². The normalized spacial score (nSPS) is 27.0. The molecule has 5 heteroatoms. The first-order valence-corrected chi connectivity index (χ1v) is 10.5. The summed E-state index contributed by atoms with van der Waals surface area (Å²) in [7, 11) is 6.17. The Labute approximate surface area is 171 Å². The topological polar surface area (TPSA) is 56.7 Å². The molecule has 2 aliphatic rings. The van der Waals surface area contributed by atoms with Crippen molar-refractivity contribution in [3.05, 3.63) is 34.9 Å². The van der Waals surface area contributed by atoms with Gasteiger partial charge in [0.05, 0.1) is 17.8 Å². The summed E-state index contributed by atoms with van der Waals surface area (Å²) in [6.07, 6.45) is 11.9. The van der Waals surface area contributed by atoms with Gasteiger partial charge in [0.2, 0.25) is 5.91 Å². The number of carbonyl (C=O) groups excluding carboxylic acids is 1. The molecule has 0 spiro atoms. The van der Waals surface area contributed by atoms with Gasteiger partial charge in [-0.1, -0.05) is 23.8 Å². The lowest BCUT2D eigenvalue weighted by atomic mass is 9.86. The van der Waals surface area contributed by atoms with Crippen LogP contribution in [0.1, 0.15) is 52.9 Å². The Kier molecular flexibility index (Phi) is 8.64. The Bertz CT molecular complexity index is 674. The molecule has 0 aromatic heterocycles. The minimum absolute atomic E-state index is 0.0358. The fraction of sp³-hybridized carbons (Fsp3) is 0.652. The Morgan fingerprint density at radius 1 is 1.46 bits per heavy atom. The van der Waals surface area contributed by atoms with Crippen LogP contribution in [0.25, 0.3) is 0 Å². The summed E-state index contributed by atoms with van der Waals surface area (Å²) in [5.74, 6) is 0.0358. The smallest absolute Gasteiger partial charge is 0.217 e. The van der Waals surface area contributed by atoms with Crippen molar-refractivity contribution in [1.82, 2.24) is 15.5 Å². The standard InChI is InChI=1S/C23H38N4O/c1-7-18-11-9-13-22(23(18)25-5)27(6)15-19(24-4)14-20-16(2)10-8-12-21(20)26-17(3)28/h7-8,10,19,21-22,24H,9,11-15H2,1-6H3,(H,26,28)/b18-7-,25-23?/t19?,21?,22-/m0/s1. The van der Waals surface area contributed by atoms with E-state index in [9.17, 15) is 4.79 Å². The van der Waals surface area contributed by atoms with Gasteiger partial charge in [-0.25, -0.2) is 0 Å². The van der Waals surface area contributed by atoms with Crippen molar-refractivity contribution in [2.24, 2.45) is 4.99 Å². The van der Waals surface area contributed by atoms with Crippen LogP contribution in [0, 0.1) is 0 Å². The predicted octanol–water partition coefficient (Wildman–Crippen LogP) is 3.25. The van der Waals surface area contributed by atoms with Crippen LogP contribution >= 0.6 is 0 Å². The minimum atomic E-state index is 0.0358. The van der Waals surface area contributed by atoms with E-state index in [0.717, 1.165) is 32.2 Å². The second-order valence-corrected chi connectivity index (χ2v) is 8.06. The van der Waals surface area contributed by atoms with E-state index in [4.69, 9.17) is 0 Å². The Morgan fingerprint density at radius 2 is 2.21 bits per heavy atom. The lowest BCUT2D eigenvalue weighted by Crippen LogP contribution is -2.48. The van der Waals surface area contributed by atoms with Crippen LogP contribution in [-0.4, -0.2) is 62.3 Å². The van der Waals surface area contributed by atoms with E-state index in [1.54, 1.807) is 6.92 Å². The molecule has 0 heterocycles. The number of amides is 1. The first-order chi connectivity index (χ1) is 13.4. The maximum atomic E-state index is 11.6. The second-order valence-electron chi connectivity index (χ2n) is 8.06. The molecule has 0 aromatic carbocycles. The summed E-state index contributed by atoms with van der Waals surface area (Å²) in [6.45, 7) is 6.82. The van der Waals surface area contributed by atoms with Crippen molar-refractivity contribution in [3.63, 3.8) is 0 Å². The number of nitrogens with one attached hydrogen (secondary N) is 2. The van der Waals surface area contributed by atoms with Gasteiger partial charge in [-0.05, 0) is 71.2 Å². The van der Waals surface area contributed by atoms with Crippen molar-refractivity contribution in [3.8, 4) is 0 Å². The average molecular weight is 387 g/mol. The number of rotatable bonds is 7. The number of aliphatic imine (C=N–C) groups is 1. The van der Waals surface area contributed by atoms with Crippen molar-refractivity contribution in [2.45, 2.75) is 71.0 Å². The predicted molar refractivity (Wildman–Crippen MR) is 119 cm³/mol. The van der Waals surface area contributed by atoms with Crippen molar-refractivity contribution in [1.29, 1.82) is 0 Å². The number of hydrogen-bond acceptors (Lipinski definition) is 4.